The summed E-state index contributed by atoms with van der Waals surface area (Å²) >= 11 is 0. The Morgan fingerprint density at radius 2 is 2.21 bits per heavy atom. The molecule has 1 unspecified atom stereocenters. The van der Waals surface area contributed by atoms with Gasteiger partial charge in [0.05, 0.1) is 13.2 Å². The standard InChI is InChI=1S/C13H16N2O4/c1-8-9(3-2-4-10(8)14)12(16)15-5-6-19-7-11(15)13(17)18/h2-4,11H,5-7,14H2,1H3,(H,17,18). The number of hydrogen-bond acceptors (Lipinski definition) is 4. The van der Waals surface area contributed by atoms with Crippen LogP contribution in [0, 0.1) is 6.92 Å². The molecule has 2 rings (SSSR count). The SMILES string of the molecule is Cc1c(N)cccc1C(=O)N1CCOCC1C(=O)O. The first-order valence-corrected chi connectivity index (χ1v) is 5.99. The summed E-state index contributed by atoms with van der Waals surface area (Å²) < 4.78 is 5.11. The van der Waals surface area contributed by atoms with E-state index in [1.165, 1.54) is 4.90 Å². The predicted molar refractivity (Wildman–Crippen MR) is 68.9 cm³/mol. The molecule has 6 heteroatoms. The first kappa shape index (κ1) is 13.4. The molecule has 19 heavy (non-hydrogen) atoms. The van der Waals surface area contributed by atoms with Gasteiger partial charge in [0.1, 0.15) is 0 Å². The van der Waals surface area contributed by atoms with Gasteiger partial charge >= 0.3 is 5.97 Å². The normalized spacial score (nSPS) is 19.2. The number of ether oxygens (including phenoxy) is 1. The third-order valence-corrected chi connectivity index (χ3v) is 3.28. The van der Waals surface area contributed by atoms with Crippen LogP contribution in [0.15, 0.2) is 18.2 Å². The molecule has 0 saturated carbocycles. The monoisotopic (exact) mass is 264 g/mol. The van der Waals surface area contributed by atoms with Crippen LogP contribution in [0.3, 0.4) is 0 Å². The number of anilines is 1. The van der Waals surface area contributed by atoms with Crippen LogP contribution >= 0.6 is 0 Å². The number of carboxylic acid groups (broad SMARTS) is 1. The zero-order valence-electron chi connectivity index (χ0n) is 10.6. The van der Waals surface area contributed by atoms with Gasteiger partial charge in [-0.05, 0) is 24.6 Å². The maximum Gasteiger partial charge on any atom is 0.328 e. The summed E-state index contributed by atoms with van der Waals surface area (Å²) in [7, 11) is 0. The number of carbonyl (C=O) groups is 2. The zero-order chi connectivity index (χ0) is 14.0. The summed E-state index contributed by atoms with van der Waals surface area (Å²) in [5.41, 5.74) is 7.40. The van der Waals surface area contributed by atoms with Crippen LogP contribution in [0.4, 0.5) is 5.69 Å². The molecule has 0 radical (unpaired) electrons. The van der Waals surface area contributed by atoms with Gasteiger partial charge in [-0.1, -0.05) is 6.07 Å². The van der Waals surface area contributed by atoms with Gasteiger partial charge in [-0.2, -0.15) is 0 Å². The summed E-state index contributed by atoms with van der Waals surface area (Å²) in [6, 6.07) is 4.11. The quantitative estimate of drug-likeness (QED) is 0.759. The highest BCUT2D eigenvalue weighted by molar-refractivity contribution is 5.99. The van der Waals surface area contributed by atoms with E-state index in [1.807, 2.05) is 0 Å². The third-order valence-electron chi connectivity index (χ3n) is 3.28. The van der Waals surface area contributed by atoms with E-state index >= 15 is 0 Å². The smallest absolute Gasteiger partial charge is 0.328 e. The number of nitrogens with zero attached hydrogens (tertiary/aromatic N) is 1. The Labute approximate surface area is 110 Å². The number of carbonyl (C=O) groups excluding carboxylic acids is 1. The van der Waals surface area contributed by atoms with Gasteiger partial charge in [-0.3, -0.25) is 4.79 Å². The molecule has 1 heterocycles. The second kappa shape index (κ2) is 5.27. The highest BCUT2D eigenvalue weighted by Gasteiger charge is 2.33. The minimum Gasteiger partial charge on any atom is -0.480 e. The lowest BCUT2D eigenvalue weighted by Gasteiger charge is -2.33. The maximum atomic E-state index is 12.4. The van der Waals surface area contributed by atoms with Crippen molar-refractivity contribution in [1.82, 2.24) is 4.90 Å². The van der Waals surface area contributed by atoms with Gasteiger partial charge in [0.15, 0.2) is 6.04 Å². The number of amides is 1. The molecule has 3 N–H and O–H groups in total. The fourth-order valence-corrected chi connectivity index (χ4v) is 2.09. The molecule has 1 aliphatic rings. The van der Waals surface area contributed by atoms with Crippen LogP contribution in [0.5, 0.6) is 0 Å². The van der Waals surface area contributed by atoms with Gasteiger partial charge in [-0.25, -0.2) is 4.79 Å². The number of aliphatic carboxylic acids is 1. The van der Waals surface area contributed by atoms with E-state index < -0.39 is 12.0 Å². The van der Waals surface area contributed by atoms with Crippen molar-refractivity contribution in [3.63, 3.8) is 0 Å². The Hall–Kier alpha value is -2.08. The fourth-order valence-electron chi connectivity index (χ4n) is 2.09. The van der Waals surface area contributed by atoms with Gasteiger partial charge in [0.25, 0.3) is 5.91 Å². The van der Waals surface area contributed by atoms with E-state index in [-0.39, 0.29) is 19.1 Å². The second-order valence-electron chi connectivity index (χ2n) is 4.45. The molecule has 0 spiro atoms. The molecule has 0 aliphatic carbocycles. The number of nitrogen functional groups attached to an aromatic ring is 1. The van der Waals surface area contributed by atoms with E-state index in [1.54, 1.807) is 25.1 Å². The van der Waals surface area contributed by atoms with Crippen molar-refractivity contribution in [2.45, 2.75) is 13.0 Å². The first-order chi connectivity index (χ1) is 9.02. The molecular weight excluding hydrogens is 248 g/mol. The van der Waals surface area contributed by atoms with Crippen molar-refractivity contribution < 1.29 is 19.4 Å². The topological polar surface area (TPSA) is 92.9 Å². The molecule has 1 aliphatic heterocycles. The van der Waals surface area contributed by atoms with Gasteiger partial charge < -0.3 is 20.5 Å². The predicted octanol–water partition coefficient (Wildman–Crippen LogP) is 0.503. The third kappa shape index (κ3) is 2.53. The molecule has 102 valence electrons. The Morgan fingerprint density at radius 3 is 2.89 bits per heavy atom. The highest BCUT2D eigenvalue weighted by Crippen LogP contribution is 2.19. The molecule has 1 aromatic rings. The van der Waals surface area contributed by atoms with Gasteiger partial charge in [-0.15, -0.1) is 0 Å². The number of rotatable bonds is 2. The molecule has 1 aromatic carbocycles. The molecule has 6 nitrogen and oxygen atoms in total. The summed E-state index contributed by atoms with van der Waals surface area (Å²) in [6.45, 7) is 2.38. The number of hydrogen-bond donors (Lipinski definition) is 2. The highest BCUT2D eigenvalue weighted by atomic mass is 16.5. The van der Waals surface area contributed by atoms with Crippen molar-refractivity contribution >= 4 is 17.6 Å². The number of nitrogens with two attached hydrogens (primary N) is 1. The van der Waals surface area contributed by atoms with E-state index in [4.69, 9.17) is 15.6 Å². The van der Waals surface area contributed by atoms with E-state index in [9.17, 15) is 9.59 Å². The minimum atomic E-state index is -1.06. The maximum absolute atomic E-state index is 12.4. The van der Waals surface area contributed by atoms with Gasteiger partial charge in [0.2, 0.25) is 0 Å². The molecule has 0 bridgehead atoms. The van der Waals surface area contributed by atoms with Crippen molar-refractivity contribution in [3.8, 4) is 0 Å². The minimum absolute atomic E-state index is 0.0163. The van der Waals surface area contributed by atoms with Crippen LogP contribution < -0.4 is 5.73 Å². The average molecular weight is 264 g/mol. The molecule has 0 aromatic heterocycles. The average Bonchev–Trinajstić information content (AvgIpc) is 2.41. The van der Waals surface area contributed by atoms with Crippen molar-refractivity contribution in [2.24, 2.45) is 0 Å². The van der Waals surface area contributed by atoms with Crippen LogP contribution in [0.2, 0.25) is 0 Å². The lowest BCUT2D eigenvalue weighted by Crippen LogP contribution is -2.52. The Bertz CT molecular complexity index is 515. The summed E-state index contributed by atoms with van der Waals surface area (Å²) in [4.78, 5) is 24.9. The Morgan fingerprint density at radius 1 is 1.47 bits per heavy atom. The van der Waals surface area contributed by atoms with Crippen molar-refractivity contribution in [3.05, 3.63) is 29.3 Å². The van der Waals surface area contributed by atoms with Crippen LogP contribution in [-0.4, -0.2) is 47.7 Å². The molecule has 1 saturated heterocycles. The van der Waals surface area contributed by atoms with Gasteiger partial charge in [0, 0.05) is 17.8 Å². The second-order valence-corrected chi connectivity index (χ2v) is 4.45. The number of morpholine rings is 1. The number of carboxylic acids is 1. The summed E-state index contributed by atoms with van der Waals surface area (Å²) in [6.07, 6.45) is 0. The molecule has 1 atom stereocenters. The first-order valence-electron chi connectivity index (χ1n) is 5.99. The van der Waals surface area contributed by atoms with Crippen LogP contribution in [0.1, 0.15) is 15.9 Å². The Balaban J connectivity index is 2.31. The van der Waals surface area contributed by atoms with E-state index in [2.05, 4.69) is 0 Å². The molecular formula is C13H16N2O4. The van der Waals surface area contributed by atoms with Crippen LogP contribution in [-0.2, 0) is 9.53 Å². The van der Waals surface area contributed by atoms with Crippen molar-refractivity contribution in [2.75, 3.05) is 25.5 Å². The van der Waals surface area contributed by atoms with Crippen molar-refractivity contribution in [1.29, 1.82) is 0 Å². The fraction of sp³-hybridized carbons (Fsp3) is 0.385. The van der Waals surface area contributed by atoms with Crippen LogP contribution in [0.25, 0.3) is 0 Å². The molecule has 1 amide bonds. The van der Waals surface area contributed by atoms with E-state index in [0.717, 1.165) is 0 Å². The lowest BCUT2D eigenvalue weighted by atomic mass is 10.0. The largest absolute Gasteiger partial charge is 0.480 e. The summed E-state index contributed by atoms with van der Waals surface area (Å²) in [5.74, 6) is -1.38. The number of benzene rings is 1. The Kier molecular flexibility index (Phi) is 3.71. The molecule has 1 fully saturated rings. The lowest BCUT2D eigenvalue weighted by molar-refractivity contribution is -0.147. The van der Waals surface area contributed by atoms with E-state index in [0.29, 0.717) is 23.4 Å². The summed E-state index contributed by atoms with van der Waals surface area (Å²) in [5, 5.41) is 9.13. The zero-order valence-corrected chi connectivity index (χ0v) is 10.6.